The van der Waals surface area contributed by atoms with Gasteiger partial charge in [0.15, 0.2) is 0 Å². The number of ether oxygens (including phenoxy) is 1. The van der Waals surface area contributed by atoms with Crippen molar-refractivity contribution in [3.05, 3.63) is 6.92 Å². The average Bonchev–Trinajstić information content (AvgIpc) is 1.61. The van der Waals surface area contributed by atoms with Crippen LogP contribution in [0.4, 0.5) is 0 Å². The van der Waals surface area contributed by atoms with E-state index < -0.39 is 6.10 Å². The topological polar surface area (TPSA) is 29.5 Å². The highest BCUT2D eigenvalue weighted by Crippen LogP contribution is 1.88. The van der Waals surface area contributed by atoms with E-state index in [0.29, 0.717) is 6.61 Å². The van der Waals surface area contributed by atoms with Crippen LogP contribution < -0.4 is 0 Å². The second kappa shape index (κ2) is 3.87. The maximum Gasteiger partial charge on any atom is 0.0774 e. The smallest absolute Gasteiger partial charge is 0.0774 e. The maximum absolute atomic E-state index is 8.57. The molecule has 0 bridgehead atoms. The second-order valence-electron chi connectivity index (χ2n) is 2.04. The molecule has 8 heavy (non-hydrogen) atoms. The zero-order chi connectivity index (χ0) is 6.57. The highest BCUT2D eigenvalue weighted by atomic mass is 16.5. The van der Waals surface area contributed by atoms with E-state index >= 15 is 0 Å². The normalized spacial score (nSPS) is 14.6. The van der Waals surface area contributed by atoms with Crippen molar-refractivity contribution >= 4 is 0 Å². The zero-order valence-electron chi connectivity index (χ0n) is 5.42. The van der Waals surface area contributed by atoms with Crippen LogP contribution in [-0.2, 0) is 4.74 Å². The van der Waals surface area contributed by atoms with Gasteiger partial charge in [-0.25, -0.2) is 0 Å². The molecule has 0 aromatic rings. The summed E-state index contributed by atoms with van der Waals surface area (Å²) < 4.78 is 4.99. The van der Waals surface area contributed by atoms with Crippen molar-refractivity contribution < 1.29 is 9.84 Å². The summed E-state index contributed by atoms with van der Waals surface area (Å²) in [5, 5.41) is 8.57. The Labute approximate surface area is 50.5 Å². The second-order valence-corrected chi connectivity index (χ2v) is 2.04. The molecule has 0 aromatic heterocycles. The summed E-state index contributed by atoms with van der Waals surface area (Å²) in [6, 6.07) is 0. The summed E-state index contributed by atoms with van der Waals surface area (Å²) >= 11 is 0. The largest absolute Gasteiger partial charge is 0.391 e. The highest BCUT2D eigenvalue weighted by Gasteiger charge is 1.96. The van der Waals surface area contributed by atoms with Gasteiger partial charge >= 0.3 is 0 Å². The molecule has 1 atom stereocenters. The summed E-state index contributed by atoms with van der Waals surface area (Å²) in [7, 11) is 0. The molecule has 2 heteroatoms. The minimum absolute atomic E-state index is 0.186. The van der Waals surface area contributed by atoms with Crippen molar-refractivity contribution in [1.29, 1.82) is 0 Å². The first-order valence-electron chi connectivity index (χ1n) is 2.75. The summed E-state index contributed by atoms with van der Waals surface area (Å²) in [4.78, 5) is 0. The van der Waals surface area contributed by atoms with Gasteiger partial charge in [0.2, 0.25) is 0 Å². The Bertz CT molecular complexity index is 42.5. The predicted molar refractivity (Wildman–Crippen MR) is 32.5 cm³/mol. The standard InChI is InChI=1S/C6H13O2/c1-5(2)8-4-6(3)7/h5-7H,3-4H2,1-2H3. The van der Waals surface area contributed by atoms with Crippen LogP contribution in [0.3, 0.4) is 0 Å². The molecular formula is C6H13O2. The molecule has 0 aromatic carbocycles. The molecule has 0 aliphatic carbocycles. The highest BCUT2D eigenvalue weighted by molar-refractivity contribution is 4.53. The maximum atomic E-state index is 8.57. The van der Waals surface area contributed by atoms with Crippen molar-refractivity contribution in [2.75, 3.05) is 6.61 Å². The molecule has 0 saturated heterocycles. The molecule has 0 rings (SSSR count). The Morgan fingerprint density at radius 2 is 2.12 bits per heavy atom. The fourth-order valence-electron chi connectivity index (χ4n) is 0.304. The number of hydrogen-bond acceptors (Lipinski definition) is 2. The van der Waals surface area contributed by atoms with Gasteiger partial charge in [-0.2, -0.15) is 0 Å². The fraction of sp³-hybridized carbons (Fsp3) is 0.833. The van der Waals surface area contributed by atoms with Gasteiger partial charge in [-0.1, -0.05) is 0 Å². The Balaban J connectivity index is 2.93. The lowest BCUT2D eigenvalue weighted by Gasteiger charge is -2.07. The lowest BCUT2D eigenvalue weighted by atomic mass is 10.4. The van der Waals surface area contributed by atoms with E-state index in [9.17, 15) is 0 Å². The van der Waals surface area contributed by atoms with Crippen LogP contribution in [0.2, 0.25) is 0 Å². The van der Waals surface area contributed by atoms with Crippen LogP contribution in [0.1, 0.15) is 13.8 Å². The van der Waals surface area contributed by atoms with E-state index in [-0.39, 0.29) is 6.10 Å². The van der Waals surface area contributed by atoms with Gasteiger partial charge in [0.05, 0.1) is 18.8 Å². The van der Waals surface area contributed by atoms with Gasteiger partial charge in [-0.05, 0) is 20.8 Å². The van der Waals surface area contributed by atoms with Crippen LogP contribution in [-0.4, -0.2) is 23.9 Å². The third kappa shape index (κ3) is 5.92. The first-order chi connectivity index (χ1) is 3.63. The van der Waals surface area contributed by atoms with Gasteiger partial charge < -0.3 is 9.84 Å². The van der Waals surface area contributed by atoms with Crippen LogP contribution >= 0.6 is 0 Å². The summed E-state index contributed by atoms with van der Waals surface area (Å²) in [5.41, 5.74) is 0. The van der Waals surface area contributed by atoms with Crippen molar-refractivity contribution in [1.82, 2.24) is 0 Å². The third-order valence-corrected chi connectivity index (χ3v) is 0.622. The first kappa shape index (κ1) is 7.92. The monoisotopic (exact) mass is 117 g/mol. The minimum atomic E-state index is -0.586. The molecule has 0 amide bonds. The lowest BCUT2D eigenvalue weighted by molar-refractivity contribution is 0.0229. The minimum Gasteiger partial charge on any atom is -0.391 e. The Hall–Kier alpha value is -0.0800. The molecular weight excluding hydrogens is 104 g/mol. The Kier molecular flexibility index (Phi) is 3.83. The van der Waals surface area contributed by atoms with Crippen molar-refractivity contribution in [3.63, 3.8) is 0 Å². The summed E-state index contributed by atoms with van der Waals surface area (Å²) in [6.07, 6.45) is -0.399. The van der Waals surface area contributed by atoms with Gasteiger partial charge in [-0.3, -0.25) is 0 Å². The van der Waals surface area contributed by atoms with E-state index in [2.05, 4.69) is 6.92 Å². The molecule has 0 fully saturated rings. The van der Waals surface area contributed by atoms with E-state index in [1.165, 1.54) is 0 Å². The molecule has 2 nitrogen and oxygen atoms in total. The molecule has 1 radical (unpaired) electrons. The van der Waals surface area contributed by atoms with E-state index in [0.717, 1.165) is 0 Å². The number of hydrogen-bond donors (Lipinski definition) is 1. The number of rotatable bonds is 3. The summed E-state index contributed by atoms with van der Waals surface area (Å²) in [5.74, 6) is 0. The van der Waals surface area contributed by atoms with Gasteiger partial charge in [-0.15, -0.1) is 0 Å². The molecule has 49 valence electrons. The number of aliphatic hydroxyl groups excluding tert-OH is 1. The van der Waals surface area contributed by atoms with E-state index in [4.69, 9.17) is 9.84 Å². The zero-order valence-corrected chi connectivity index (χ0v) is 5.42. The fourth-order valence-corrected chi connectivity index (χ4v) is 0.304. The Morgan fingerprint density at radius 3 is 2.25 bits per heavy atom. The molecule has 0 aliphatic heterocycles. The van der Waals surface area contributed by atoms with Crippen LogP contribution in [0, 0.1) is 6.92 Å². The Morgan fingerprint density at radius 1 is 1.62 bits per heavy atom. The van der Waals surface area contributed by atoms with Gasteiger partial charge in [0.1, 0.15) is 0 Å². The van der Waals surface area contributed by atoms with Crippen LogP contribution in [0.25, 0.3) is 0 Å². The third-order valence-electron chi connectivity index (χ3n) is 0.622. The molecule has 0 saturated carbocycles. The van der Waals surface area contributed by atoms with Crippen molar-refractivity contribution in [2.45, 2.75) is 26.1 Å². The molecule has 1 N–H and O–H groups in total. The van der Waals surface area contributed by atoms with Crippen LogP contribution in [0.5, 0.6) is 0 Å². The predicted octanol–water partition coefficient (Wildman–Crippen LogP) is 0.606. The lowest BCUT2D eigenvalue weighted by Crippen LogP contribution is -2.14. The van der Waals surface area contributed by atoms with Crippen molar-refractivity contribution in [3.8, 4) is 0 Å². The van der Waals surface area contributed by atoms with Crippen molar-refractivity contribution in [2.24, 2.45) is 0 Å². The van der Waals surface area contributed by atoms with Crippen LogP contribution in [0.15, 0.2) is 0 Å². The molecule has 0 aliphatic rings. The quantitative estimate of drug-likeness (QED) is 0.586. The average molecular weight is 117 g/mol. The molecule has 0 spiro atoms. The van der Waals surface area contributed by atoms with E-state index in [1.807, 2.05) is 13.8 Å². The van der Waals surface area contributed by atoms with Gasteiger partial charge in [0.25, 0.3) is 0 Å². The number of aliphatic hydroxyl groups is 1. The first-order valence-corrected chi connectivity index (χ1v) is 2.75. The molecule has 1 unspecified atom stereocenters. The SMILES string of the molecule is [CH2]C(O)COC(C)C. The van der Waals surface area contributed by atoms with E-state index in [1.54, 1.807) is 0 Å². The molecule has 0 heterocycles. The van der Waals surface area contributed by atoms with Gasteiger partial charge in [0, 0.05) is 0 Å². The summed E-state index contributed by atoms with van der Waals surface area (Å²) in [6.45, 7) is 7.51.